The Morgan fingerprint density at radius 2 is 1.72 bits per heavy atom. The molecule has 0 spiro atoms. The molecule has 2 aliphatic heterocycles. The number of ether oxygens (including phenoxy) is 2. The smallest absolute Gasteiger partial charge is 0.243 e. The molecule has 172 valence electrons. The molecule has 1 N–H and O–H groups in total. The predicted molar refractivity (Wildman–Crippen MR) is 122 cm³/mol. The van der Waals surface area contributed by atoms with Gasteiger partial charge < -0.3 is 14.8 Å². The maximum atomic E-state index is 13.1. The summed E-state index contributed by atoms with van der Waals surface area (Å²) in [6.45, 7) is 3.55. The van der Waals surface area contributed by atoms with Crippen LogP contribution in [-0.4, -0.2) is 44.9 Å². The average molecular weight is 479 g/mol. The van der Waals surface area contributed by atoms with Crippen molar-refractivity contribution in [3.8, 4) is 11.5 Å². The van der Waals surface area contributed by atoms with Crippen molar-refractivity contribution in [1.29, 1.82) is 0 Å². The first-order valence-electron chi connectivity index (χ1n) is 10.8. The van der Waals surface area contributed by atoms with Gasteiger partial charge in [-0.15, -0.1) is 0 Å². The van der Waals surface area contributed by atoms with Gasteiger partial charge in [0, 0.05) is 36.5 Å². The molecule has 0 saturated carbocycles. The number of hydrogen-bond donors (Lipinski definition) is 1. The number of carbonyl (C=O) groups is 1. The van der Waals surface area contributed by atoms with Gasteiger partial charge in [-0.2, -0.15) is 4.31 Å². The van der Waals surface area contributed by atoms with Crippen molar-refractivity contribution in [2.75, 3.05) is 26.3 Å². The molecular weight excluding hydrogens is 452 g/mol. The van der Waals surface area contributed by atoms with Crippen LogP contribution in [-0.2, 0) is 14.8 Å². The molecule has 7 nitrogen and oxygen atoms in total. The van der Waals surface area contributed by atoms with Crippen molar-refractivity contribution in [2.45, 2.75) is 37.1 Å². The van der Waals surface area contributed by atoms with Crippen LogP contribution in [0.25, 0.3) is 0 Å². The summed E-state index contributed by atoms with van der Waals surface area (Å²) in [4.78, 5) is 12.9. The van der Waals surface area contributed by atoms with Crippen LogP contribution in [0.4, 0.5) is 0 Å². The Labute approximate surface area is 193 Å². The lowest BCUT2D eigenvalue weighted by atomic mass is 9.96. The second-order valence-corrected chi connectivity index (χ2v) is 10.5. The van der Waals surface area contributed by atoms with Crippen LogP contribution in [0.15, 0.2) is 47.4 Å². The Hall–Kier alpha value is -2.29. The monoisotopic (exact) mass is 478 g/mol. The number of rotatable bonds is 5. The summed E-state index contributed by atoms with van der Waals surface area (Å²) in [7, 11) is -3.67. The van der Waals surface area contributed by atoms with Crippen molar-refractivity contribution < 1.29 is 22.7 Å². The quantitative estimate of drug-likeness (QED) is 0.706. The third-order valence-corrected chi connectivity index (χ3v) is 8.06. The van der Waals surface area contributed by atoms with Gasteiger partial charge in [0.05, 0.1) is 24.2 Å². The number of benzene rings is 2. The fourth-order valence-electron chi connectivity index (χ4n) is 3.98. The summed E-state index contributed by atoms with van der Waals surface area (Å²) in [5.41, 5.74) is 0.970. The standard InChI is InChI=1S/C23H27ClN2O5S/c1-16(17-3-5-19(24)6-4-17)25-23(27)18-9-11-26(12-10-18)32(28,29)20-7-8-21-22(15-20)31-14-2-13-30-21/h3-8,15-16,18H,2,9-14H2,1H3,(H,25,27)/t16-/m0/s1. The summed E-state index contributed by atoms with van der Waals surface area (Å²) >= 11 is 5.93. The van der Waals surface area contributed by atoms with Gasteiger partial charge in [0.25, 0.3) is 0 Å². The number of sulfonamides is 1. The number of halogens is 1. The maximum Gasteiger partial charge on any atom is 0.243 e. The maximum absolute atomic E-state index is 13.1. The van der Waals surface area contributed by atoms with Crippen LogP contribution < -0.4 is 14.8 Å². The number of amides is 1. The summed E-state index contributed by atoms with van der Waals surface area (Å²) in [6.07, 6.45) is 1.70. The van der Waals surface area contributed by atoms with Gasteiger partial charge >= 0.3 is 0 Å². The van der Waals surface area contributed by atoms with Crippen LogP contribution in [0.3, 0.4) is 0 Å². The highest BCUT2D eigenvalue weighted by Crippen LogP contribution is 2.34. The molecule has 0 aliphatic carbocycles. The van der Waals surface area contributed by atoms with Crippen molar-refractivity contribution >= 4 is 27.5 Å². The molecule has 0 bridgehead atoms. The molecule has 4 rings (SSSR count). The molecular formula is C23H27ClN2O5S. The molecule has 0 radical (unpaired) electrons. The Morgan fingerprint density at radius 3 is 2.41 bits per heavy atom. The van der Waals surface area contributed by atoms with E-state index in [1.54, 1.807) is 24.3 Å². The van der Waals surface area contributed by atoms with Crippen molar-refractivity contribution in [2.24, 2.45) is 5.92 Å². The van der Waals surface area contributed by atoms with Gasteiger partial charge in [0.15, 0.2) is 11.5 Å². The van der Waals surface area contributed by atoms with Gasteiger partial charge in [0.1, 0.15) is 0 Å². The van der Waals surface area contributed by atoms with Gasteiger partial charge in [0.2, 0.25) is 15.9 Å². The van der Waals surface area contributed by atoms with Crippen LogP contribution in [0, 0.1) is 5.92 Å². The molecule has 0 aromatic heterocycles. The minimum absolute atomic E-state index is 0.0555. The molecule has 2 heterocycles. The minimum Gasteiger partial charge on any atom is -0.490 e. The summed E-state index contributed by atoms with van der Waals surface area (Å²) < 4.78 is 38.9. The number of carbonyl (C=O) groups excluding carboxylic acids is 1. The molecule has 9 heteroatoms. The van der Waals surface area contributed by atoms with Crippen molar-refractivity contribution in [1.82, 2.24) is 9.62 Å². The van der Waals surface area contributed by atoms with Gasteiger partial charge in [-0.05, 0) is 49.6 Å². The molecule has 32 heavy (non-hydrogen) atoms. The Morgan fingerprint density at radius 1 is 1.06 bits per heavy atom. The SMILES string of the molecule is C[C@H](NC(=O)C1CCN(S(=O)(=O)c2ccc3c(c2)OCCCO3)CC1)c1ccc(Cl)cc1. The Bertz CT molecular complexity index is 1070. The highest BCUT2D eigenvalue weighted by molar-refractivity contribution is 7.89. The zero-order valence-corrected chi connectivity index (χ0v) is 19.5. The molecule has 1 atom stereocenters. The van der Waals surface area contributed by atoms with E-state index in [1.165, 1.54) is 10.4 Å². The van der Waals surface area contributed by atoms with Crippen molar-refractivity contribution in [3.63, 3.8) is 0 Å². The second-order valence-electron chi connectivity index (χ2n) is 8.12. The Kier molecular flexibility index (Phi) is 6.93. The molecule has 1 amide bonds. The third kappa shape index (κ3) is 5.03. The predicted octanol–water partition coefficient (Wildman–Crippen LogP) is 3.78. The first-order chi connectivity index (χ1) is 15.3. The lowest BCUT2D eigenvalue weighted by molar-refractivity contribution is -0.126. The van der Waals surface area contributed by atoms with Gasteiger partial charge in [-0.25, -0.2) is 8.42 Å². The van der Waals surface area contributed by atoms with Gasteiger partial charge in [-0.1, -0.05) is 23.7 Å². The van der Waals surface area contributed by atoms with E-state index in [4.69, 9.17) is 21.1 Å². The molecule has 1 fully saturated rings. The fraction of sp³-hybridized carbons (Fsp3) is 0.435. The molecule has 2 aromatic rings. The lowest BCUT2D eigenvalue weighted by Crippen LogP contribution is -2.43. The first-order valence-corrected chi connectivity index (χ1v) is 12.6. The van der Waals surface area contributed by atoms with E-state index in [0.29, 0.717) is 55.7 Å². The number of nitrogens with zero attached hydrogens (tertiary/aromatic N) is 1. The number of piperidine rings is 1. The van der Waals surface area contributed by atoms with E-state index in [0.717, 1.165) is 12.0 Å². The number of nitrogens with one attached hydrogen (secondary N) is 1. The number of fused-ring (bicyclic) bond motifs is 1. The molecule has 0 unspecified atom stereocenters. The first kappa shape index (κ1) is 22.9. The number of hydrogen-bond acceptors (Lipinski definition) is 5. The molecule has 2 aliphatic rings. The minimum atomic E-state index is -3.67. The highest BCUT2D eigenvalue weighted by Gasteiger charge is 2.33. The zero-order chi connectivity index (χ0) is 22.7. The van der Waals surface area contributed by atoms with E-state index in [2.05, 4.69) is 5.32 Å². The van der Waals surface area contributed by atoms with E-state index in [1.807, 2.05) is 19.1 Å². The van der Waals surface area contributed by atoms with Crippen LogP contribution in [0.5, 0.6) is 11.5 Å². The summed E-state index contributed by atoms with van der Waals surface area (Å²) in [5, 5.41) is 3.68. The lowest BCUT2D eigenvalue weighted by Gasteiger charge is -2.31. The average Bonchev–Trinajstić information content (AvgIpc) is 3.04. The van der Waals surface area contributed by atoms with Crippen molar-refractivity contribution in [3.05, 3.63) is 53.1 Å². The zero-order valence-electron chi connectivity index (χ0n) is 17.9. The van der Waals surface area contributed by atoms with Crippen LogP contribution >= 0.6 is 11.6 Å². The van der Waals surface area contributed by atoms with E-state index in [9.17, 15) is 13.2 Å². The summed E-state index contributed by atoms with van der Waals surface area (Å²) in [6, 6.07) is 11.9. The second kappa shape index (κ2) is 9.68. The highest BCUT2D eigenvalue weighted by atomic mass is 35.5. The van der Waals surface area contributed by atoms with E-state index < -0.39 is 10.0 Å². The topological polar surface area (TPSA) is 84.9 Å². The molecule has 1 saturated heterocycles. The normalized spacial score (nSPS) is 18.6. The Balaban J connectivity index is 1.37. The van der Waals surface area contributed by atoms with Gasteiger partial charge in [-0.3, -0.25) is 4.79 Å². The third-order valence-electron chi connectivity index (χ3n) is 5.91. The largest absolute Gasteiger partial charge is 0.490 e. The van der Waals surface area contributed by atoms with E-state index >= 15 is 0 Å². The van der Waals surface area contributed by atoms with E-state index in [-0.39, 0.29) is 22.8 Å². The fourth-order valence-corrected chi connectivity index (χ4v) is 5.59. The van der Waals surface area contributed by atoms with Crippen LogP contribution in [0.2, 0.25) is 5.02 Å². The molecule has 2 aromatic carbocycles. The van der Waals surface area contributed by atoms with Crippen LogP contribution in [0.1, 0.15) is 37.8 Å². The summed E-state index contributed by atoms with van der Waals surface area (Å²) in [5.74, 6) is 0.737.